The van der Waals surface area contributed by atoms with E-state index >= 15 is 0 Å². The fourth-order valence-corrected chi connectivity index (χ4v) is 1.59. The second-order valence-electron chi connectivity index (χ2n) is 2.55. The average molecular weight is 208 g/mol. The normalized spacial score (nSPS) is 10.4. The van der Waals surface area contributed by atoms with E-state index in [0.717, 1.165) is 5.82 Å². The summed E-state index contributed by atoms with van der Waals surface area (Å²) in [6, 6.07) is 0. The van der Waals surface area contributed by atoms with Crippen molar-refractivity contribution in [2.24, 2.45) is 0 Å². The lowest BCUT2D eigenvalue weighted by Gasteiger charge is -1.97. The van der Waals surface area contributed by atoms with Gasteiger partial charge in [-0.3, -0.25) is 5.10 Å². The molecule has 0 aliphatic carbocycles. The standard InChI is InChI=1S/C7H8N6S/c1-4-11-7(13-12-4)14-6-5(8)9-2-3-10-6/h2-3H,1H3,(H2,8,9)(H,11,12,13). The van der Waals surface area contributed by atoms with Crippen LogP contribution in [0.25, 0.3) is 0 Å². The van der Waals surface area contributed by atoms with Gasteiger partial charge in [-0.2, -0.15) is 0 Å². The summed E-state index contributed by atoms with van der Waals surface area (Å²) in [6.07, 6.45) is 3.13. The highest BCUT2D eigenvalue weighted by atomic mass is 32.2. The van der Waals surface area contributed by atoms with Crippen molar-refractivity contribution in [3.05, 3.63) is 18.2 Å². The smallest absolute Gasteiger partial charge is 0.214 e. The summed E-state index contributed by atoms with van der Waals surface area (Å²) in [5, 5.41) is 7.90. The zero-order valence-corrected chi connectivity index (χ0v) is 8.25. The van der Waals surface area contributed by atoms with Crippen molar-refractivity contribution in [1.29, 1.82) is 0 Å². The topological polar surface area (TPSA) is 93.4 Å². The molecule has 0 amide bonds. The van der Waals surface area contributed by atoms with E-state index in [0.29, 0.717) is 16.0 Å². The van der Waals surface area contributed by atoms with Crippen LogP contribution in [0.4, 0.5) is 5.82 Å². The maximum atomic E-state index is 5.61. The van der Waals surface area contributed by atoms with Gasteiger partial charge < -0.3 is 5.73 Å². The van der Waals surface area contributed by atoms with Crippen molar-refractivity contribution >= 4 is 17.6 Å². The fraction of sp³-hybridized carbons (Fsp3) is 0.143. The summed E-state index contributed by atoms with van der Waals surface area (Å²) in [6.45, 7) is 1.83. The van der Waals surface area contributed by atoms with Crippen molar-refractivity contribution in [3.63, 3.8) is 0 Å². The molecule has 0 bridgehead atoms. The van der Waals surface area contributed by atoms with E-state index in [-0.39, 0.29) is 0 Å². The van der Waals surface area contributed by atoms with Gasteiger partial charge in [0.2, 0.25) is 5.16 Å². The number of rotatable bonds is 2. The third kappa shape index (κ3) is 1.82. The molecule has 0 saturated heterocycles. The third-order valence-electron chi connectivity index (χ3n) is 1.46. The van der Waals surface area contributed by atoms with Crippen molar-refractivity contribution < 1.29 is 0 Å². The van der Waals surface area contributed by atoms with Crippen LogP contribution in [0.3, 0.4) is 0 Å². The van der Waals surface area contributed by atoms with Gasteiger partial charge in [0.05, 0.1) is 0 Å². The van der Waals surface area contributed by atoms with E-state index in [2.05, 4.69) is 25.1 Å². The molecule has 0 saturated carbocycles. The zero-order valence-electron chi connectivity index (χ0n) is 7.43. The van der Waals surface area contributed by atoms with E-state index in [4.69, 9.17) is 5.73 Å². The molecule has 0 spiro atoms. The first-order valence-corrected chi connectivity index (χ1v) is 4.70. The Balaban J connectivity index is 2.23. The Hall–Kier alpha value is -1.63. The van der Waals surface area contributed by atoms with Gasteiger partial charge in [-0.1, -0.05) is 0 Å². The number of nitrogen functional groups attached to an aromatic ring is 1. The van der Waals surface area contributed by atoms with Crippen molar-refractivity contribution in [1.82, 2.24) is 25.1 Å². The molecule has 3 N–H and O–H groups in total. The SMILES string of the molecule is Cc1nc(Sc2nccnc2N)n[nH]1. The number of anilines is 1. The number of aryl methyl sites for hydroxylation is 1. The summed E-state index contributed by atoms with van der Waals surface area (Å²) in [5.41, 5.74) is 5.61. The summed E-state index contributed by atoms with van der Waals surface area (Å²) in [7, 11) is 0. The van der Waals surface area contributed by atoms with Crippen LogP contribution in [0.15, 0.2) is 22.6 Å². The number of nitrogens with two attached hydrogens (primary N) is 1. The van der Waals surface area contributed by atoms with E-state index in [1.165, 1.54) is 11.8 Å². The van der Waals surface area contributed by atoms with Crippen LogP contribution < -0.4 is 5.73 Å². The number of hydrogen-bond donors (Lipinski definition) is 2. The van der Waals surface area contributed by atoms with Crippen LogP contribution in [0.2, 0.25) is 0 Å². The van der Waals surface area contributed by atoms with Crippen LogP contribution in [0.1, 0.15) is 5.82 Å². The van der Waals surface area contributed by atoms with Gasteiger partial charge in [0.25, 0.3) is 0 Å². The molecule has 0 atom stereocenters. The predicted octanol–water partition coefficient (Wildman–Crippen LogP) is 0.637. The summed E-state index contributed by atoms with van der Waals surface area (Å²) in [5.74, 6) is 1.15. The van der Waals surface area contributed by atoms with E-state index < -0.39 is 0 Å². The summed E-state index contributed by atoms with van der Waals surface area (Å²) < 4.78 is 0. The second kappa shape index (κ2) is 3.62. The van der Waals surface area contributed by atoms with Crippen LogP contribution in [-0.4, -0.2) is 25.1 Å². The van der Waals surface area contributed by atoms with Gasteiger partial charge in [0.15, 0.2) is 5.82 Å². The van der Waals surface area contributed by atoms with E-state index in [1.54, 1.807) is 12.4 Å². The minimum atomic E-state index is 0.389. The molecule has 2 aromatic rings. The fourth-order valence-electron chi connectivity index (χ4n) is 0.869. The molecular formula is C7H8N6S. The van der Waals surface area contributed by atoms with Crippen LogP contribution in [0.5, 0.6) is 0 Å². The van der Waals surface area contributed by atoms with Crippen molar-refractivity contribution in [3.8, 4) is 0 Å². The summed E-state index contributed by atoms with van der Waals surface area (Å²) in [4.78, 5) is 12.1. The molecule has 0 aromatic carbocycles. The average Bonchev–Trinajstić information content (AvgIpc) is 2.56. The maximum Gasteiger partial charge on any atom is 0.214 e. The van der Waals surface area contributed by atoms with Gasteiger partial charge >= 0.3 is 0 Å². The Labute approximate surface area is 84.4 Å². The number of nitrogens with one attached hydrogen (secondary N) is 1. The van der Waals surface area contributed by atoms with Crippen molar-refractivity contribution in [2.75, 3.05) is 5.73 Å². The highest BCUT2D eigenvalue weighted by Gasteiger charge is 2.07. The maximum absolute atomic E-state index is 5.61. The molecule has 0 fully saturated rings. The minimum Gasteiger partial charge on any atom is -0.381 e. The molecule has 0 aliphatic rings. The van der Waals surface area contributed by atoms with Gasteiger partial charge in [-0.25, -0.2) is 15.0 Å². The van der Waals surface area contributed by atoms with Gasteiger partial charge in [-0.05, 0) is 18.7 Å². The Morgan fingerprint density at radius 2 is 2.14 bits per heavy atom. The van der Waals surface area contributed by atoms with Gasteiger partial charge in [-0.15, -0.1) is 5.10 Å². The highest BCUT2D eigenvalue weighted by Crippen LogP contribution is 2.25. The van der Waals surface area contributed by atoms with E-state index in [1.807, 2.05) is 6.92 Å². The lowest BCUT2D eigenvalue weighted by Crippen LogP contribution is -1.94. The second-order valence-corrected chi connectivity index (χ2v) is 3.51. The molecule has 0 radical (unpaired) electrons. The molecular weight excluding hydrogens is 200 g/mol. The van der Waals surface area contributed by atoms with Crippen molar-refractivity contribution in [2.45, 2.75) is 17.1 Å². The molecule has 0 aliphatic heterocycles. The van der Waals surface area contributed by atoms with Gasteiger partial charge in [0, 0.05) is 12.4 Å². The van der Waals surface area contributed by atoms with Crippen LogP contribution in [0, 0.1) is 6.92 Å². The Kier molecular flexibility index (Phi) is 2.32. The lowest BCUT2D eigenvalue weighted by molar-refractivity contribution is 0.962. The molecule has 7 heteroatoms. The summed E-state index contributed by atoms with van der Waals surface area (Å²) >= 11 is 1.28. The largest absolute Gasteiger partial charge is 0.381 e. The number of nitrogens with zero attached hydrogens (tertiary/aromatic N) is 4. The number of aromatic nitrogens is 5. The molecule has 2 heterocycles. The monoisotopic (exact) mass is 208 g/mol. The first-order valence-electron chi connectivity index (χ1n) is 3.89. The van der Waals surface area contributed by atoms with Crippen LogP contribution in [-0.2, 0) is 0 Å². The van der Waals surface area contributed by atoms with E-state index in [9.17, 15) is 0 Å². The quantitative estimate of drug-likeness (QED) is 0.752. The Bertz CT molecular complexity index is 439. The molecule has 2 aromatic heterocycles. The third-order valence-corrected chi connectivity index (χ3v) is 2.33. The number of hydrogen-bond acceptors (Lipinski definition) is 6. The molecule has 14 heavy (non-hydrogen) atoms. The lowest BCUT2D eigenvalue weighted by atomic mass is 10.7. The first-order chi connectivity index (χ1) is 6.75. The van der Waals surface area contributed by atoms with Crippen LogP contribution >= 0.6 is 11.8 Å². The van der Waals surface area contributed by atoms with Gasteiger partial charge in [0.1, 0.15) is 10.9 Å². The number of H-pyrrole nitrogens is 1. The molecule has 0 unspecified atom stereocenters. The molecule has 6 nitrogen and oxygen atoms in total. The molecule has 72 valence electrons. The Morgan fingerprint density at radius 3 is 2.79 bits per heavy atom. The number of aromatic amines is 1. The minimum absolute atomic E-state index is 0.389. The Morgan fingerprint density at radius 1 is 1.36 bits per heavy atom. The highest BCUT2D eigenvalue weighted by molar-refractivity contribution is 7.99. The molecule has 2 rings (SSSR count). The predicted molar refractivity (Wildman–Crippen MR) is 51.7 cm³/mol. The first kappa shape index (κ1) is 8.95. The zero-order chi connectivity index (χ0) is 9.97.